The Labute approximate surface area is 207 Å². The molecule has 3 aliphatic rings. The lowest BCUT2D eigenvalue weighted by Gasteiger charge is -2.48. The number of piperidine rings is 2. The Hall–Kier alpha value is -2.24. The van der Waals surface area contributed by atoms with Gasteiger partial charge in [-0.1, -0.05) is 6.42 Å². The van der Waals surface area contributed by atoms with Gasteiger partial charge in [-0.15, -0.1) is 0 Å². The summed E-state index contributed by atoms with van der Waals surface area (Å²) in [5.41, 5.74) is 3.16. The van der Waals surface area contributed by atoms with Crippen molar-refractivity contribution < 1.29 is 13.2 Å². The molecule has 3 atom stereocenters. The zero-order valence-electron chi connectivity index (χ0n) is 20.9. The van der Waals surface area contributed by atoms with E-state index in [4.69, 9.17) is 14.7 Å². The highest BCUT2D eigenvalue weighted by Gasteiger charge is 2.45. The third kappa shape index (κ3) is 4.90. The summed E-state index contributed by atoms with van der Waals surface area (Å²) in [6.45, 7) is 5.17. The average molecular weight is 504 g/mol. The quantitative estimate of drug-likeness (QED) is 0.523. The van der Waals surface area contributed by atoms with Crippen molar-refractivity contribution in [3.05, 3.63) is 23.0 Å². The van der Waals surface area contributed by atoms with Gasteiger partial charge in [0.05, 0.1) is 11.4 Å². The van der Waals surface area contributed by atoms with Gasteiger partial charge in [-0.05, 0) is 58.3 Å². The molecular weight excluding hydrogens is 466 g/mol. The van der Waals surface area contributed by atoms with E-state index in [1.54, 1.807) is 6.92 Å². The van der Waals surface area contributed by atoms with Crippen molar-refractivity contribution in [1.29, 1.82) is 0 Å². The standard InChI is InChI=1S/C24H37N7O3S/c1-4-35(32,33)31-18-6-5-7-19(31)14-17(13-18)21-22(16-8-10-34-11-9-16)27-24(25-3)28-23(21)26-20-12-15(2)29-30-20/h12,16-19H,4-11,13-14H2,1-3H3,(H3,25,26,27,28,29,30)/t17-,18-,19+. The van der Waals surface area contributed by atoms with Crippen molar-refractivity contribution in [2.45, 2.75) is 82.7 Å². The fourth-order valence-electron chi connectivity index (χ4n) is 6.16. The van der Waals surface area contributed by atoms with Gasteiger partial charge in [0.15, 0.2) is 5.82 Å². The van der Waals surface area contributed by atoms with Crippen LogP contribution in [-0.4, -0.2) is 71.0 Å². The van der Waals surface area contributed by atoms with Crippen molar-refractivity contribution in [1.82, 2.24) is 24.5 Å². The van der Waals surface area contributed by atoms with Gasteiger partial charge in [0.1, 0.15) is 5.82 Å². The van der Waals surface area contributed by atoms with Gasteiger partial charge in [-0.2, -0.15) is 14.4 Å². The van der Waals surface area contributed by atoms with E-state index in [9.17, 15) is 8.42 Å². The molecule has 3 N–H and O–H groups in total. The Kier molecular flexibility index (Phi) is 7.00. The summed E-state index contributed by atoms with van der Waals surface area (Å²) >= 11 is 0. The van der Waals surface area contributed by atoms with Gasteiger partial charge in [0.2, 0.25) is 16.0 Å². The number of hydrogen-bond donors (Lipinski definition) is 3. The fourth-order valence-corrected chi connectivity index (χ4v) is 7.75. The van der Waals surface area contributed by atoms with Crippen molar-refractivity contribution in [2.75, 3.05) is 36.6 Å². The second kappa shape index (κ2) is 10.0. The van der Waals surface area contributed by atoms with Crippen molar-refractivity contribution in [3.63, 3.8) is 0 Å². The maximum Gasteiger partial charge on any atom is 0.224 e. The van der Waals surface area contributed by atoms with E-state index in [-0.39, 0.29) is 29.7 Å². The summed E-state index contributed by atoms with van der Waals surface area (Å²) in [5, 5.41) is 14.0. The molecule has 10 nitrogen and oxygen atoms in total. The summed E-state index contributed by atoms with van der Waals surface area (Å²) in [6, 6.07) is 2.03. The van der Waals surface area contributed by atoms with Gasteiger partial charge < -0.3 is 15.4 Å². The van der Waals surface area contributed by atoms with Crippen LogP contribution in [0.1, 0.15) is 80.7 Å². The molecular formula is C24H37N7O3S. The third-order valence-electron chi connectivity index (χ3n) is 7.76. The predicted octanol–water partition coefficient (Wildman–Crippen LogP) is 3.64. The number of aromatic amines is 1. The molecule has 0 aromatic carbocycles. The number of ether oxygens (including phenoxy) is 1. The van der Waals surface area contributed by atoms with Crippen LogP contribution in [0.2, 0.25) is 0 Å². The lowest BCUT2D eigenvalue weighted by molar-refractivity contribution is 0.0832. The predicted molar refractivity (Wildman–Crippen MR) is 136 cm³/mol. The number of rotatable bonds is 7. The summed E-state index contributed by atoms with van der Waals surface area (Å²) < 4.78 is 33.4. The highest BCUT2D eigenvalue weighted by molar-refractivity contribution is 7.89. The van der Waals surface area contributed by atoms with E-state index in [2.05, 4.69) is 20.8 Å². The number of aromatic nitrogens is 4. The molecule has 0 radical (unpaired) electrons. The molecule has 3 saturated heterocycles. The zero-order valence-corrected chi connectivity index (χ0v) is 21.7. The van der Waals surface area contributed by atoms with E-state index < -0.39 is 10.0 Å². The lowest BCUT2D eigenvalue weighted by atomic mass is 9.75. The molecule has 5 rings (SSSR count). The van der Waals surface area contributed by atoms with E-state index in [0.29, 0.717) is 11.8 Å². The Morgan fingerprint density at radius 2 is 1.83 bits per heavy atom. The minimum absolute atomic E-state index is 0.0319. The van der Waals surface area contributed by atoms with Crippen LogP contribution in [0.15, 0.2) is 6.07 Å². The van der Waals surface area contributed by atoms with Crippen LogP contribution in [0.3, 0.4) is 0 Å². The minimum Gasteiger partial charge on any atom is -0.381 e. The topological polar surface area (TPSA) is 125 Å². The maximum atomic E-state index is 13.0. The van der Waals surface area contributed by atoms with Crippen LogP contribution in [0, 0.1) is 6.92 Å². The first-order valence-electron chi connectivity index (χ1n) is 12.9. The molecule has 3 aliphatic heterocycles. The van der Waals surface area contributed by atoms with Crippen LogP contribution in [-0.2, 0) is 14.8 Å². The number of hydrogen-bond acceptors (Lipinski definition) is 8. The number of fused-ring (bicyclic) bond motifs is 2. The number of H-pyrrole nitrogens is 1. The van der Waals surface area contributed by atoms with E-state index in [1.807, 2.05) is 24.3 Å². The largest absolute Gasteiger partial charge is 0.381 e. The van der Waals surface area contributed by atoms with Crippen LogP contribution < -0.4 is 10.6 Å². The van der Waals surface area contributed by atoms with Gasteiger partial charge in [-0.3, -0.25) is 5.10 Å². The fraction of sp³-hybridized carbons (Fsp3) is 0.708. The van der Waals surface area contributed by atoms with Gasteiger partial charge in [0, 0.05) is 55.6 Å². The second-order valence-corrected chi connectivity index (χ2v) is 12.2. The highest BCUT2D eigenvalue weighted by Crippen LogP contribution is 2.47. The first-order chi connectivity index (χ1) is 16.9. The summed E-state index contributed by atoms with van der Waals surface area (Å²) in [7, 11) is -1.40. The smallest absolute Gasteiger partial charge is 0.224 e. The molecule has 35 heavy (non-hydrogen) atoms. The van der Waals surface area contributed by atoms with Crippen molar-refractivity contribution in [3.8, 4) is 0 Å². The van der Waals surface area contributed by atoms with Crippen LogP contribution in [0.4, 0.5) is 17.6 Å². The van der Waals surface area contributed by atoms with E-state index in [0.717, 1.165) is 80.9 Å². The molecule has 2 aromatic heterocycles. The molecule has 0 saturated carbocycles. The molecule has 0 unspecified atom stereocenters. The number of aryl methyl sites for hydroxylation is 1. The minimum atomic E-state index is -3.24. The molecule has 0 amide bonds. The van der Waals surface area contributed by atoms with Crippen molar-refractivity contribution in [2.24, 2.45) is 0 Å². The number of nitrogens with one attached hydrogen (secondary N) is 3. The summed E-state index contributed by atoms with van der Waals surface area (Å²) in [4.78, 5) is 9.85. The molecule has 0 spiro atoms. The lowest BCUT2D eigenvalue weighted by Crippen LogP contribution is -2.54. The van der Waals surface area contributed by atoms with Crippen LogP contribution >= 0.6 is 0 Å². The monoisotopic (exact) mass is 503 g/mol. The maximum absolute atomic E-state index is 13.0. The molecule has 11 heteroatoms. The second-order valence-electron chi connectivity index (χ2n) is 10.0. The molecule has 3 fully saturated rings. The van der Waals surface area contributed by atoms with Gasteiger partial charge in [0.25, 0.3) is 0 Å². The van der Waals surface area contributed by atoms with Crippen LogP contribution in [0.25, 0.3) is 0 Å². The Balaban J connectivity index is 1.58. The SMILES string of the molecule is CCS(=O)(=O)N1[C@@H]2CCC[C@H]1C[C@H](c1c(Nc3cc(C)[nH]n3)nc(NC)nc1C1CCOCC1)C2. The normalized spacial score (nSPS) is 26.0. The first-order valence-corrected chi connectivity index (χ1v) is 14.5. The number of nitrogens with zero attached hydrogens (tertiary/aromatic N) is 4. The van der Waals surface area contributed by atoms with E-state index >= 15 is 0 Å². The molecule has 5 heterocycles. The summed E-state index contributed by atoms with van der Waals surface area (Å²) in [6.07, 6.45) is 6.34. The van der Waals surface area contributed by atoms with Crippen molar-refractivity contribution >= 4 is 27.6 Å². The zero-order chi connectivity index (χ0) is 24.6. The van der Waals surface area contributed by atoms with Crippen LogP contribution in [0.5, 0.6) is 0 Å². The third-order valence-corrected chi connectivity index (χ3v) is 9.73. The Morgan fingerprint density at radius 3 is 2.43 bits per heavy atom. The Bertz CT molecular complexity index is 1130. The molecule has 192 valence electrons. The summed E-state index contributed by atoms with van der Waals surface area (Å²) in [5.74, 6) is 2.69. The Morgan fingerprint density at radius 1 is 1.11 bits per heavy atom. The molecule has 2 aromatic rings. The van der Waals surface area contributed by atoms with E-state index in [1.165, 1.54) is 0 Å². The molecule has 2 bridgehead atoms. The highest BCUT2D eigenvalue weighted by atomic mass is 32.2. The average Bonchev–Trinajstić information content (AvgIpc) is 3.27. The van der Waals surface area contributed by atoms with Gasteiger partial charge >= 0.3 is 0 Å². The first kappa shape index (κ1) is 24.5. The number of anilines is 3. The number of sulfonamides is 1. The molecule has 0 aliphatic carbocycles. The van der Waals surface area contributed by atoms with Gasteiger partial charge in [-0.25, -0.2) is 13.4 Å².